The maximum atomic E-state index is 12.5. The summed E-state index contributed by atoms with van der Waals surface area (Å²) in [4.78, 5) is 26.1. The van der Waals surface area contributed by atoms with Crippen molar-refractivity contribution in [1.82, 2.24) is 10.2 Å². The number of hydrogen-bond donors (Lipinski definition) is 2. The number of nitrogens with one attached hydrogen (secondary N) is 1. The Morgan fingerprint density at radius 1 is 1.28 bits per heavy atom. The van der Waals surface area contributed by atoms with Gasteiger partial charge in [-0.05, 0) is 37.5 Å². The third-order valence-corrected chi connectivity index (χ3v) is 4.14. The Bertz CT molecular complexity index is 566. The van der Waals surface area contributed by atoms with Gasteiger partial charge in [0, 0.05) is 6.54 Å². The van der Waals surface area contributed by atoms with Gasteiger partial charge in [0.2, 0.25) is 11.8 Å². The fourth-order valence-electron chi connectivity index (χ4n) is 2.43. The molecule has 25 heavy (non-hydrogen) atoms. The number of nitrogens with two attached hydrogens (primary N) is 1. The van der Waals surface area contributed by atoms with Crippen LogP contribution in [0.25, 0.3) is 0 Å². The van der Waals surface area contributed by atoms with Gasteiger partial charge in [-0.2, -0.15) is 0 Å². The van der Waals surface area contributed by atoms with E-state index in [1.54, 1.807) is 12.0 Å². The lowest BCUT2D eigenvalue weighted by atomic mass is 10.0. The number of carbonyl (C=O) groups excluding carboxylic acids is 2. The normalized spacial score (nSPS) is 12.8. The van der Waals surface area contributed by atoms with Gasteiger partial charge in [0.1, 0.15) is 5.75 Å². The van der Waals surface area contributed by atoms with E-state index in [0.29, 0.717) is 6.54 Å². The topological polar surface area (TPSA) is 84.7 Å². The molecule has 1 aromatic rings. The molecule has 0 aromatic heterocycles. The summed E-state index contributed by atoms with van der Waals surface area (Å²) in [5, 5.41) is 2.63. The van der Waals surface area contributed by atoms with Crippen molar-refractivity contribution in [3.63, 3.8) is 0 Å². The van der Waals surface area contributed by atoms with Crippen LogP contribution in [0.5, 0.6) is 5.75 Å². The zero-order valence-corrected chi connectivity index (χ0v) is 16.4. The zero-order valence-electron chi connectivity index (χ0n) is 15.6. The van der Waals surface area contributed by atoms with Gasteiger partial charge in [0.05, 0.1) is 25.7 Å². The van der Waals surface area contributed by atoms with Crippen molar-refractivity contribution < 1.29 is 14.3 Å². The highest BCUT2D eigenvalue weighted by atomic mass is 35.5. The lowest BCUT2D eigenvalue weighted by Gasteiger charge is -2.29. The van der Waals surface area contributed by atoms with Crippen molar-refractivity contribution in [2.75, 3.05) is 20.2 Å². The summed E-state index contributed by atoms with van der Waals surface area (Å²) in [6.07, 6.45) is 0. The monoisotopic (exact) mass is 371 g/mol. The number of likely N-dealkylation sites (N-methyl/N-ethyl adjacent to an activating group) is 1. The smallest absolute Gasteiger partial charge is 0.242 e. The molecule has 2 atom stereocenters. The van der Waals surface area contributed by atoms with E-state index in [-0.39, 0.29) is 42.7 Å². The fraction of sp³-hybridized carbons (Fsp3) is 0.556. The Hall–Kier alpha value is -1.79. The molecular weight excluding hydrogens is 342 g/mol. The van der Waals surface area contributed by atoms with Crippen LogP contribution in [0.2, 0.25) is 0 Å². The largest absolute Gasteiger partial charge is 0.497 e. The van der Waals surface area contributed by atoms with Crippen LogP contribution < -0.4 is 15.8 Å². The molecule has 0 aliphatic heterocycles. The number of hydrogen-bond acceptors (Lipinski definition) is 4. The quantitative estimate of drug-likeness (QED) is 0.733. The number of carbonyl (C=O) groups is 2. The number of amides is 2. The number of rotatable bonds is 8. The maximum absolute atomic E-state index is 12.5. The summed E-state index contributed by atoms with van der Waals surface area (Å²) in [5.74, 6) is 0.331. The van der Waals surface area contributed by atoms with Crippen LogP contribution in [0.3, 0.4) is 0 Å². The Labute approximate surface area is 156 Å². The highest BCUT2D eigenvalue weighted by Gasteiger charge is 2.22. The molecule has 0 saturated heterocycles. The molecule has 1 unspecified atom stereocenters. The second-order valence-electron chi connectivity index (χ2n) is 6.12. The Kier molecular flexibility index (Phi) is 10.2. The minimum absolute atomic E-state index is 0. The van der Waals surface area contributed by atoms with E-state index in [2.05, 4.69) is 5.32 Å². The summed E-state index contributed by atoms with van der Waals surface area (Å²) in [7, 11) is 1.61. The molecule has 6 nitrogen and oxygen atoms in total. The Balaban J connectivity index is 0.00000576. The molecule has 0 heterocycles. The van der Waals surface area contributed by atoms with Gasteiger partial charge >= 0.3 is 0 Å². The average Bonchev–Trinajstić information content (AvgIpc) is 2.59. The molecule has 0 aliphatic rings. The van der Waals surface area contributed by atoms with E-state index >= 15 is 0 Å². The highest BCUT2D eigenvalue weighted by molar-refractivity contribution is 5.87. The van der Waals surface area contributed by atoms with Crippen LogP contribution in [-0.4, -0.2) is 43.0 Å². The first kappa shape index (κ1) is 23.2. The van der Waals surface area contributed by atoms with Crippen molar-refractivity contribution in [2.45, 2.75) is 39.8 Å². The van der Waals surface area contributed by atoms with Gasteiger partial charge in [-0.25, -0.2) is 0 Å². The van der Waals surface area contributed by atoms with Crippen LogP contribution in [0.1, 0.15) is 39.3 Å². The summed E-state index contributed by atoms with van der Waals surface area (Å²) in [5.41, 5.74) is 6.77. The van der Waals surface area contributed by atoms with Gasteiger partial charge in [0.15, 0.2) is 0 Å². The van der Waals surface area contributed by atoms with Crippen molar-refractivity contribution in [3.8, 4) is 5.75 Å². The maximum Gasteiger partial charge on any atom is 0.242 e. The molecule has 0 bridgehead atoms. The standard InChI is InChI=1S/C18H29N3O3.ClH/c1-6-21(13(4)14-8-7-9-15(10-14)24-5)16(22)11-20-18(23)17(19)12(2)3;/h7-10,12-13,17H,6,11,19H2,1-5H3,(H,20,23);1H/t13?,17-;/m0./s1. The molecule has 0 aliphatic carbocycles. The minimum atomic E-state index is -0.608. The Morgan fingerprint density at radius 2 is 1.92 bits per heavy atom. The molecule has 142 valence electrons. The molecule has 0 spiro atoms. The minimum Gasteiger partial charge on any atom is -0.497 e. The summed E-state index contributed by atoms with van der Waals surface area (Å²) in [6.45, 7) is 8.10. The molecule has 2 amide bonds. The fourth-order valence-corrected chi connectivity index (χ4v) is 2.43. The number of halogens is 1. The van der Waals surface area contributed by atoms with Crippen molar-refractivity contribution in [2.24, 2.45) is 11.7 Å². The predicted molar refractivity (Wildman–Crippen MR) is 102 cm³/mol. The SMILES string of the molecule is CCN(C(=O)CNC(=O)[C@@H](N)C(C)C)C(C)c1cccc(OC)c1.Cl. The van der Waals surface area contributed by atoms with E-state index < -0.39 is 6.04 Å². The third-order valence-electron chi connectivity index (χ3n) is 4.14. The first-order valence-electron chi connectivity index (χ1n) is 8.28. The molecule has 3 N–H and O–H groups in total. The van der Waals surface area contributed by atoms with E-state index in [1.165, 1.54) is 0 Å². The van der Waals surface area contributed by atoms with E-state index in [9.17, 15) is 9.59 Å². The van der Waals surface area contributed by atoms with E-state index in [0.717, 1.165) is 11.3 Å². The van der Waals surface area contributed by atoms with Gasteiger partial charge in [0.25, 0.3) is 0 Å². The summed E-state index contributed by atoms with van der Waals surface area (Å²) < 4.78 is 5.23. The van der Waals surface area contributed by atoms with Crippen molar-refractivity contribution in [3.05, 3.63) is 29.8 Å². The molecule has 7 heteroatoms. The molecule has 1 rings (SSSR count). The lowest BCUT2D eigenvalue weighted by Crippen LogP contribution is -2.48. The first-order chi connectivity index (χ1) is 11.3. The van der Waals surface area contributed by atoms with E-state index in [4.69, 9.17) is 10.5 Å². The lowest BCUT2D eigenvalue weighted by molar-refractivity contribution is -0.134. The number of benzene rings is 1. The first-order valence-corrected chi connectivity index (χ1v) is 8.28. The van der Waals surface area contributed by atoms with Crippen LogP contribution in [0.4, 0.5) is 0 Å². The van der Waals surface area contributed by atoms with Gasteiger partial charge in [-0.15, -0.1) is 12.4 Å². The second kappa shape index (κ2) is 10.9. The summed E-state index contributed by atoms with van der Waals surface area (Å²) in [6, 6.07) is 6.90. The summed E-state index contributed by atoms with van der Waals surface area (Å²) >= 11 is 0. The zero-order chi connectivity index (χ0) is 18.3. The van der Waals surface area contributed by atoms with Crippen LogP contribution in [0.15, 0.2) is 24.3 Å². The van der Waals surface area contributed by atoms with Crippen LogP contribution >= 0.6 is 12.4 Å². The second-order valence-corrected chi connectivity index (χ2v) is 6.12. The number of methoxy groups -OCH3 is 1. The highest BCUT2D eigenvalue weighted by Crippen LogP contribution is 2.23. The molecule has 0 fully saturated rings. The van der Waals surface area contributed by atoms with Gasteiger partial charge < -0.3 is 20.7 Å². The van der Waals surface area contributed by atoms with E-state index in [1.807, 2.05) is 52.0 Å². The number of nitrogens with zero attached hydrogens (tertiary/aromatic N) is 1. The van der Waals surface area contributed by atoms with Gasteiger partial charge in [-0.1, -0.05) is 26.0 Å². The predicted octanol–water partition coefficient (Wildman–Crippen LogP) is 2.13. The van der Waals surface area contributed by atoms with Crippen molar-refractivity contribution >= 4 is 24.2 Å². The van der Waals surface area contributed by atoms with Crippen LogP contribution in [0, 0.1) is 5.92 Å². The molecule has 1 aromatic carbocycles. The molecule has 0 radical (unpaired) electrons. The van der Waals surface area contributed by atoms with Crippen molar-refractivity contribution in [1.29, 1.82) is 0 Å². The van der Waals surface area contributed by atoms with Gasteiger partial charge in [-0.3, -0.25) is 9.59 Å². The average molecular weight is 372 g/mol. The molecular formula is C18H30ClN3O3. The molecule has 0 saturated carbocycles. The Morgan fingerprint density at radius 3 is 2.44 bits per heavy atom. The van der Waals surface area contributed by atoms with Crippen LogP contribution in [-0.2, 0) is 9.59 Å². The number of ether oxygens (including phenoxy) is 1. The third kappa shape index (κ3) is 6.55.